The fraction of sp³-hybridized carbons (Fsp3) is 0.290. The minimum Gasteiger partial charge on any atom is -0.493 e. The average Bonchev–Trinajstić information content (AvgIpc) is 2.96. The number of allylic oxidation sites excluding steroid dienone is 1. The van der Waals surface area contributed by atoms with Crippen LogP contribution >= 0.6 is 0 Å². The van der Waals surface area contributed by atoms with Gasteiger partial charge in [0, 0.05) is 11.6 Å². The Morgan fingerprint density at radius 1 is 1.00 bits per heavy atom. The Labute approximate surface area is 232 Å². The van der Waals surface area contributed by atoms with Gasteiger partial charge in [-0.3, -0.25) is 0 Å². The van der Waals surface area contributed by atoms with E-state index in [-0.39, 0.29) is 23.8 Å². The molecule has 1 unspecified atom stereocenters. The van der Waals surface area contributed by atoms with Gasteiger partial charge in [0.05, 0.1) is 19.6 Å². The largest absolute Gasteiger partial charge is 0.493 e. The fourth-order valence-electron chi connectivity index (χ4n) is 4.37. The summed E-state index contributed by atoms with van der Waals surface area (Å²) in [5.74, 6) is 0.415. The van der Waals surface area contributed by atoms with Crippen LogP contribution in [-0.2, 0) is 4.79 Å². The molecule has 4 rings (SSSR count). The Morgan fingerprint density at radius 3 is 2.50 bits per heavy atom. The molecule has 0 saturated carbocycles. The van der Waals surface area contributed by atoms with Gasteiger partial charge < -0.3 is 29.4 Å². The third-order valence-corrected chi connectivity index (χ3v) is 6.37. The standard InChI is InChI=1S/C31H31FN2O6/c1-3-4-5-6-15-37-26-14-7-20(16-28(26)36-2)30-24-13-12-23(17-27(24)40-31(34)25(30)18-33)39-29(35)19-38-22-10-8-21(32)9-11-22/h7-14,16-17,30H,3-6,15,19,34H2,1-2H3. The van der Waals surface area contributed by atoms with Gasteiger partial charge in [-0.15, -0.1) is 0 Å². The number of rotatable bonds is 12. The van der Waals surface area contributed by atoms with E-state index >= 15 is 0 Å². The van der Waals surface area contributed by atoms with Crippen LogP contribution < -0.4 is 29.4 Å². The maximum absolute atomic E-state index is 13.1. The van der Waals surface area contributed by atoms with Crippen molar-refractivity contribution in [3.05, 3.63) is 89.1 Å². The first kappa shape index (κ1) is 28.3. The third-order valence-electron chi connectivity index (χ3n) is 6.37. The van der Waals surface area contributed by atoms with Gasteiger partial charge >= 0.3 is 5.97 Å². The van der Waals surface area contributed by atoms with E-state index in [1.54, 1.807) is 19.2 Å². The molecule has 1 heterocycles. The Bertz CT molecular complexity index is 1410. The number of hydrogen-bond donors (Lipinski definition) is 1. The molecule has 0 saturated heterocycles. The molecular formula is C31H31FN2O6. The number of nitriles is 1. The second-order valence-electron chi connectivity index (χ2n) is 9.16. The van der Waals surface area contributed by atoms with Crippen molar-refractivity contribution in [2.24, 2.45) is 5.73 Å². The van der Waals surface area contributed by atoms with Crippen molar-refractivity contribution < 1.29 is 32.9 Å². The minimum atomic E-state index is -0.659. The van der Waals surface area contributed by atoms with Gasteiger partial charge in [0.1, 0.15) is 34.7 Å². The van der Waals surface area contributed by atoms with Crippen LogP contribution in [0.2, 0.25) is 0 Å². The van der Waals surface area contributed by atoms with Crippen LogP contribution in [-0.4, -0.2) is 26.3 Å². The van der Waals surface area contributed by atoms with Gasteiger partial charge in [0.2, 0.25) is 5.88 Å². The molecule has 9 heteroatoms. The molecule has 0 bridgehead atoms. The molecule has 2 N–H and O–H groups in total. The van der Waals surface area contributed by atoms with E-state index in [4.69, 9.17) is 29.4 Å². The van der Waals surface area contributed by atoms with Crippen LogP contribution in [0.25, 0.3) is 0 Å². The Balaban J connectivity index is 1.51. The number of carbonyl (C=O) groups excluding carboxylic acids is 1. The quantitative estimate of drug-likeness (QED) is 0.167. The molecule has 0 spiro atoms. The maximum Gasteiger partial charge on any atom is 0.349 e. The van der Waals surface area contributed by atoms with Crippen molar-refractivity contribution in [1.29, 1.82) is 5.26 Å². The van der Waals surface area contributed by atoms with Crippen LogP contribution in [0.1, 0.15) is 49.7 Å². The van der Waals surface area contributed by atoms with E-state index in [9.17, 15) is 14.4 Å². The minimum absolute atomic E-state index is 0.0432. The molecule has 3 aromatic rings. The molecule has 0 amide bonds. The molecule has 0 fully saturated rings. The summed E-state index contributed by atoms with van der Waals surface area (Å²) in [5.41, 5.74) is 7.82. The SMILES string of the molecule is CCCCCCOc1ccc(C2C(C#N)=C(N)Oc3cc(OC(=O)COc4ccc(F)cc4)ccc32)cc1OC. The Kier molecular flexibility index (Phi) is 9.47. The van der Waals surface area contributed by atoms with E-state index < -0.39 is 17.7 Å². The topological polar surface area (TPSA) is 113 Å². The summed E-state index contributed by atoms with van der Waals surface area (Å²) in [6.07, 6.45) is 4.37. The van der Waals surface area contributed by atoms with Crippen molar-refractivity contribution in [2.45, 2.75) is 38.5 Å². The summed E-state index contributed by atoms with van der Waals surface area (Å²) < 4.78 is 41.1. The lowest BCUT2D eigenvalue weighted by Gasteiger charge is -2.27. The molecule has 0 aromatic heterocycles. The highest BCUT2D eigenvalue weighted by atomic mass is 19.1. The molecule has 40 heavy (non-hydrogen) atoms. The van der Waals surface area contributed by atoms with E-state index in [1.165, 1.54) is 30.3 Å². The third kappa shape index (κ3) is 6.83. The van der Waals surface area contributed by atoms with Crippen LogP contribution in [0.3, 0.4) is 0 Å². The normalized spacial score (nSPS) is 14.0. The lowest BCUT2D eigenvalue weighted by atomic mass is 9.83. The molecule has 0 aliphatic carbocycles. The van der Waals surface area contributed by atoms with Crippen LogP contribution in [0.5, 0.6) is 28.7 Å². The molecule has 208 valence electrons. The van der Waals surface area contributed by atoms with Gasteiger partial charge in [0.15, 0.2) is 18.1 Å². The van der Waals surface area contributed by atoms with Gasteiger partial charge in [-0.2, -0.15) is 5.26 Å². The summed E-state index contributed by atoms with van der Waals surface area (Å²) in [4.78, 5) is 12.3. The number of esters is 1. The first-order valence-electron chi connectivity index (χ1n) is 13.0. The average molecular weight is 547 g/mol. The number of methoxy groups -OCH3 is 1. The van der Waals surface area contributed by atoms with Crippen molar-refractivity contribution in [2.75, 3.05) is 20.3 Å². The monoisotopic (exact) mass is 546 g/mol. The zero-order chi connectivity index (χ0) is 28.5. The van der Waals surface area contributed by atoms with Crippen molar-refractivity contribution in [1.82, 2.24) is 0 Å². The summed E-state index contributed by atoms with van der Waals surface area (Å²) >= 11 is 0. The number of benzene rings is 3. The first-order valence-corrected chi connectivity index (χ1v) is 13.0. The predicted molar refractivity (Wildman–Crippen MR) is 146 cm³/mol. The number of unbranched alkanes of at least 4 members (excludes halogenated alkanes) is 3. The zero-order valence-electron chi connectivity index (χ0n) is 22.4. The number of fused-ring (bicyclic) bond motifs is 1. The molecule has 0 radical (unpaired) electrons. The highest BCUT2D eigenvalue weighted by Gasteiger charge is 2.31. The number of halogens is 1. The van der Waals surface area contributed by atoms with E-state index in [0.717, 1.165) is 31.2 Å². The highest BCUT2D eigenvalue weighted by molar-refractivity contribution is 5.74. The zero-order valence-corrected chi connectivity index (χ0v) is 22.4. The van der Waals surface area contributed by atoms with Crippen molar-refractivity contribution in [3.8, 4) is 34.8 Å². The molecule has 1 aliphatic heterocycles. The van der Waals surface area contributed by atoms with Crippen LogP contribution in [0.4, 0.5) is 4.39 Å². The smallest absolute Gasteiger partial charge is 0.349 e. The maximum atomic E-state index is 13.1. The van der Waals surface area contributed by atoms with E-state index in [0.29, 0.717) is 35.2 Å². The number of nitrogens with zero attached hydrogens (tertiary/aromatic N) is 1. The molecule has 1 atom stereocenters. The van der Waals surface area contributed by atoms with Crippen molar-refractivity contribution in [3.63, 3.8) is 0 Å². The number of nitrogens with two attached hydrogens (primary N) is 1. The number of ether oxygens (including phenoxy) is 5. The number of hydrogen-bond acceptors (Lipinski definition) is 8. The molecule has 8 nitrogen and oxygen atoms in total. The van der Waals surface area contributed by atoms with Crippen LogP contribution in [0, 0.1) is 17.1 Å². The predicted octanol–water partition coefficient (Wildman–Crippen LogP) is 6.00. The van der Waals surface area contributed by atoms with Crippen LogP contribution in [0.15, 0.2) is 72.1 Å². The molecular weight excluding hydrogens is 515 g/mol. The molecule has 1 aliphatic rings. The second kappa shape index (κ2) is 13.4. The van der Waals surface area contributed by atoms with Gasteiger partial charge in [-0.05, 0) is 54.4 Å². The highest BCUT2D eigenvalue weighted by Crippen LogP contribution is 2.45. The Hall–Kier alpha value is -4.71. The number of carbonyl (C=O) groups is 1. The van der Waals surface area contributed by atoms with Gasteiger partial charge in [-0.25, -0.2) is 9.18 Å². The van der Waals surface area contributed by atoms with E-state index in [1.807, 2.05) is 18.2 Å². The second-order valence-corrected chi connectivity index (χ2v) is 9.16. The Morgan fingerprint density at radius 2 is 1.77 bits per heavy atom. The lowest BCUT2D eigenvalue weighted by molar-refractivity contribution is -0.136. The van der Waals surface area contributed by atoms with Crippen molar-refractivity contribution >= 4 is 5.97 Å². The lowest BCUT2D eigenvalue weighted by Crippen LogP contribution is -2.22. The van der Waals surface area contributed by atoms with E-state index in [2.05, 4.69) is 13.0 Å². The van der Waals surface area contributed by atoms with Gasteiger partial charge in [-0.1, -0.05) is 38.3 Å². The first-order chi connectivity index (χ1) is 19.4. The fourth-order valence-corrected chi connectivity index (χ4v) is 4.37. The summed E-state index contributed by atoms with van der Waals surface area (Å²) in [6.45, 7) is 2.37. The summed E-state index contributed by atoms with van der Waals surface area (Å²) in [5, 5.41) is 9.90. The molecule has 3 aromatic carbocycles. The van der Waals surface area contributed by atoms with Gasteiger partial charge in [0.25, 0.3) is 0 Å². The summed E-state index contributed by atoms with van der Waals surface area (Å²) in [6, 6.07) is 17.8. The summed E-state index contributed by atoms with van der Waals surface area (Å²) in [7, 11) is 1.57.